The second kappa shape index (κ2) is 7.09. The Bertz CT molecular complexity index is 967. The van der Waals surface area contributed by atoms with Crippen LogP contribution in [0.3, 0.4) is 0 Å². The fourth-order valence-corrected chi connectivity index (χ4v) is 2.10. The Labute approximate surface area is 146 Å². The number of benzene rings is 1. The van der Waals surface area contributed by atoms with Crippen molar-refractivity contribution in [1.82, 2.24) is 10.1 Å². The van der Waals surface area contributed by atoms with Gasteiger partial charge in [-0.05, 0) is 31.2 Å². The Kier molecular flexibility index (Phi) is 4.70. The SMILES string of the molecule is Cc1cc(NC(=O)c2cc(C(=O)Nc3c(F)cccc3F)ccn2)no1. The number of aryl methyl sites for hydroxylation is 1. The minimum atomic E-state index is -0.910. The van der Waals surface area contributed by atoms with E-state index in [0.717, 1.165) is 12.1 Å². The molecule has 2 aromatic heterocycles. The van der Waals surface area contributed by atoms with Crippen molar-refractivity contribution in [2.24, 2.45) is 0 Å². The standard InChI is InChI=1S/C17H12F2N4O3/c1-9-7-14(23-26-9)21-17(25)13-8-10(5-6-20-13)16(24)22-15-11(18)3-2-4-12(15)19/h2-8H,1H3,(H,22,24)(H,21,23,25). The van der Waals surface area contributed by atoms with E-state index < -0.39 is 29.1 Å². The molecule has 0 saturated carbocycles. The van der Waals surface area contributed by atoms with Gasteiger partial charge in [0.05, 0.1) is 0 Å². The van der Waals surface area contributed by atoms with Crippen molar-refractivity contribution in [3.05, 3.63) is 71.2 Å². The van der Waals surface area contributed by atoms with Crippen molar-refractivity contribution >= 4 is 23.3 Å². The lowest BCUT2D eigenvalue weighted by atomic mass is 10.2. The number of para-hydroxylation sites is 1. The molecule has 0 unspecified atom stereocenters. The highest BCUT2D eigenvalue weighted by Crippen LogP contribution is 2.19. The van der Waals surface area contributed by atoms with Crippen molar-refractivity contribution in [2.45, 2.75) is 6.92 Å². The molecule has 3 aromatic rings. The molecule has 7 nitrogen and oxygen atoms in total. The van der Waals surface area contributed by atoms with E-state index in [9.17, 15) is 18.4 Å². The topological polar surface area (TPSA) is 97.1 Å². The molecule has 0 fully saturated rings. The van der Waals surface area contributed by atoms with Crippen LogP contribution in [-0.4, -0.2) is 22.0 Å². The van der Waals surface area contributed by atoms with Crippen LogP contribution in [0.4, 0.5) is 20.3 Å². The van der Waals surface area contributed by atoms with Crippen LogP contribution in [0.2, 0.25) is 0 Å². The summed E-state index contributed by atoms with van der Waals surface area (Å²) in [6.07, 6.45) is 1.23. The molecule has 0 radical (unpaired) electrons. The van der Waals surface area contributed by atoms with Crippen LogP contribution < -0.4 is 10.6 Å². The fourth-order valence-electron chi connectivity index (χ4n) is 2.10. The lowest BCUT2D eigenvalue weighted by Gasteiger charge is -2.08. The maximum absolute atomic E-state index is 13.6. The Balaban J connectivity index is 1.78. The first-order chi connectivity index (χ1) is 12.4. The molecule has 1 aromatic carbocycles. The van der Waals surface area contributed by atoms with Crippen molar-refractivity contribution in [2.75, 3.05) is 10.6 Å². The van der Waals surface area contributed by atoms with E-state index in [1.54, 1.807) is 6.92 Å². The molecule has 0 aliphatic rings. The van der Waals surface area contributed by atoms with E-state index in [4.69, 9.17) is 4.52 Å². The fraction of sp³-hybridized carbons (Fsp3) is 0.0588. The molecular formula is C17H12F2N4O3. The van der Waals surface area contributed by atoms with E-state index in [1.165, 1.54) is 30.5 Å². The van der Waals surface area contributed by atoms with Gasteiger partial charge in [0.2, 0.25) is 0 Å². The Hall–Kier alpha value is -3.62. The van der Waals surface area contributed by atoms with Crippen LogP contribution in [0.1, 0.15) is 26.6 Å². The van der Waals surface area contributed by atoms with Crippen LogP contribution >= 0.6 is 0 Å². The number of nitrogens with one attached hydrogen (secondary N) is 2. The summed E-state index contributed by atoms with van der Waals surface area (Å²) in [5.74, 6) is -2.53. The number of carbonyl (C=O) groups excluding carboxylic acids is 2. The van der Waals surface area contributed by atoms with Crippen molar-refractivity contribution in [3.8, 4) is 0 Å². The zero-order valence-corrected chi connectivity index (χ0v) is 13.4. The number of carbonyl (C=O) groups is 2. The number of pyridine rings is 1. The van der Waals surface area contributed by atoms with E-state index >= 15 is 0 Å². The number of anilines is 2. The summed E-state index contributed by atoms with van der Waals surface area (Å²) in [4.78, 5) is 28.2. The summed E-state index contributed by atoms with van der Waals surface area (Å²) in [7, 11) is 0. The number of hydrogen-bond donors (Lipinski definition) is 2. The highest BCUT2D eigenvalue weighted by molar-refractivity contribution is 6.07. The molecule has 2 heterocycles. The summed E-state index contributed by atoms with van der Waals surface area (Å²) in [6.45, 7) is 1.66. The first-order valence-corrected chi connectivity index (χ1v) is 7.40. The molecule has 2 amide bonds. The molecule has 132 valence electrons. The molecular weight excluding hydrogens is 346 g/mol. The number of nitrogens with zero attached hydrogens (tertiary/aromatic N) is 2. The maximum Gasteiger partial charge on any atom is 0.275 e. The van der Waals surface area contributed by atoms with Crippen LogP contribution in [-0.2, 0) is 0 Å². The highest BCUT2D eigenvalue weighted by Gasteiger charge is 2.16. The van der Waals surface area contributed by atoms with Gasteiger partial charge in [0, 0.05) is 17.8 Å². The minimum Gasteiger partial charge on any atom is -0.360 e. The van der Waals surface area contributed by atoms with E-state index in [1.807, 2.05) is 0 Å². The second-order valence-corrected chi connectivity index (χ2v) is 5.26. The van der Waals surface area contributed by atoms with Crippen molar-refractivity contribution in [1.29, 1.82) is 0 Å². The Morgan fingerprint density at radius 1 is 1.04 bits per heavy atom. The zero-order chi connectivity index (χ0) is 18.7. The van der Waals surface area contributed by atoms with Crippen LogP contribution in [0, 0.1) is 18.6 Å². The van der Waals surface area contributed by atoms with E-state index in [-0.39, 0.29) is 17.1 Å². The molecule has 2 N–H and O–H groups in total. The quantitative estimate of drug-likeness (QED) is 0.747. The van der Waals surface area contributed by atoms with Gasteiger partial charge < -0.3 is 15.2 Å². The summed E-state index contributed by atoms with van der Waals surface area (Å²) in [6, 6.07) is 7.23. The molecule has 0 bridgehead atoms. The van der Waals surface area contributed by atoms with E-state index in [2.05, 4.69) is 20.8 Å². The average molecular weight is 358 g/mol. The monoisotopic (exact) mass is 358 g/mol. The number of hydrogen-bond acceptors (Lipinski definition) is 5. The number of halogens is 2. The summed E-state index contributed by atoms with van der Waals surface area (Å²) >= 11 is 0. The van der Waals surface area contributed by atoms with Crippen LogP contribution in [0.15, 0.2) is 47.1 Å². The largest absolute Gasteiger partial charge is 0.360 e. The third kappa shape index (κ3) is 3.72. The summed E-state index contributed by atoms with van der Waals surface area (Å²) in [5.41, 5.74) is -0.644. The van der Waals surface area contributed by atoms with Crippen LogP contribution in [0.5, 0.6) is 0 Å². The molecule has 9 heteroatoms. The molecule has 0 saturated heterocycles. The van der Waals surface area contributed by atoms with Gasteiger partial charge in [0.15, 0.2) is 5.82 Å². The first kappa shape index (κ1) is 17.2. The zero-order valence-electron chi connectivity index (χ0n) is 13.4. The number of amides is 2. The van der Waals surface area contributed by atoms with Crippen LogP contribution in [0.25, 0.3) is 0 Å². The number of rotatable bonds is 4. The third-order valence-electron chi connectivity index (χ3n) is 3.33. The van der Waals surface area contributed by atoms with Gasteiger partial charge in [0.25, 0.3) is 11.8 Å². The molecule has 0 spiro atoms. The predicted octanol–water partition coefficient (Wildman–Crippen LogP) is 3.16. The van der Waals surface area contributed by atoms with Gasteiger partial charge in [0.1, 0.15) is 28.8 Å². The highest BCUT2D eigenvalue weighted by atomic mass is 19.1. The summed E-state index contributed by atoms with van der Waals surface area (Å²) in [5, 5.41) is 8.21. The number of aromatic nitrogens is 2. The minimum absolute atomic E-state index is 0.00383. The average Bonchev–Trinajstić information content (AvgIpc) is 3.03. The lowest BCUT2D eigenvalue weighted by molar-refractivity contribution is 0.102. The molecule has 26 heavy (non-hydrogen) atoms. The summed E-state index contributed by atoms with van der Waals surface area (Å²) < 4.78 is 32.1. The predicted molar refractivity (Wildman–Crippen MR) is 87.7 cm³/mol. The maximum atomic E-state index is 13.6. The first-order valence-electron chi connectivity index (χ1n) is 7.40. The van der Waals surface area contributed by atoms with Gasteiger partial charge in [-0.3, -0.25) is 14.6 Å². The van der Waals surface area contributed by atoms with Gasteiger partial charge in [-0.1, -0.05) is 11.2 Å². The second-order valence-electron chi connectivity index (χ2n) is 5.26. The Morgan fingerprint density at radius 3 is 2.42 bits per heavy atom. The third-order valence-corrected chi connectivity index (χ3v) is 3.33. The molecule has 0 atom stereocenters. The lowest BCUT2D eigenvalue weighted by Crippen LogP contribution is -2.18. The molecule has 3 rings (SSSR count). The smallest absolute Gasteiger partial charge is 0.275 e. The molecule has 0 aliphatic carbocycles. The normalized spacial score (nSPS) is 10.4. The van der Waals surface area contributed by atoms with Gasteiger partial charge in [-0.15, -0.1) is 0 Å². The molecule has 0 aliphatic heterocycles. The van der Waals surface area contributed by atoms with E-state index in [0.29, 0.717) is 5.76 Å². The van der Waals surface area contributed by atoms with Gasteiger partial charge >= 0.3 is 0 Å². The van der Waals surface area contributed by atoms with Gasteiger partial charge in [-0.2, -0.15) is 0 Å². The van der Waals surface area contributed by atoms with Gasteiger partial charge in [-0.25, -0.2) is 8.78 Å². The Morgan fingerprint density at radius 2 is 1.77 bits per heavy atom. The van der Waals surface area contributed by atoms with Crippen molar-refractivity contribution in [3.63, 3.8) is 0 Å². The van der Waals surface area contributed by atoms with Crippen molar-refractivity contribution < 1.29 is 22.9 Å².